The maximum Gasteiger partial charge on any atom is 0.171 e. The fraction of sp³-hybridized carbons (Fsp3) is 0.0588. The first-order chi connectivity index (χ1) is 26.7. The molecule has 54 heavy (non-hydrogen) atoms. The Labute approximate surface area is 316 Å². The Bertz CT molecular complexity index is 2590. The predicted octanol–water partition coefficient (Wildman–Crippen LogP) is 11.0. The van der Waals surface area contributed by atoms with E-state index < -0.39 is 12.6 Å². The van der Waals surface area contributed by atoms with E-state index in [-0.39, 0.29) is 12.0 Å². The summed E-state index contributed by atoms with van der Waals surface area (Å²) in [5, 5.41) is 2.46. The van der Waals surface area contributed by atoms with Crippen LogP contribution in [0.15, 0.2) is 212 Å². The molecule has 8 aromatic carbocycles. The van der Waals surface area contributed by atoms with Gasteiger partial charge in [0.05, 0.1) is 11.3 Å². The minimum Gasteiger partial charge on any atom is -0.484 e. The van der Waals surface area contributed by atoms with Gasteiger partial charge in [0.1, 0.15) is 11.9 Å². The molecule has 2 aliphatic rings. The first-order valence-electron chi connectivity index (χ1n) is 18.6. The van der Waals surface area contributed by atoms with Crippen LogP contribution in [0.25, 0.3) is 11.1 Å². The number of hydrogen-bond acceptors (Lipinski definition) is 2. The molecule has 1 heterocycles. The Morgan fingerprint density at radius 1 is 0.407 bits per heavy atom. The molecule has 258 valence electrons. The lowest BCUT2D eigenvalue weighted by Crippen LogP contribution is -2.32. The summed E-state index contributed by atoms with van der Waals surface area (Å²) >= 11 is 0. The highest BCUT2D eigenvalue weighted by atomic mass is 31.2. The molecule has 0 bridgehead atoms. The Hall–Kier alpha value is -6.21. The molecule has 0 saturated carbocycles. The van der Waals surface area contributed by atoms with Gasteiger partial charge >= 0.3 is 0 Å². The average Bonchev–Trinajstić information content (AvgIpc) is 3.60. The molecule has 0 saturated heterocycles. The van der Waals surface area contributed by atoms with Crippen molar-refractivity contribution in [3.63, 3.8) is 0 Å². The quantitative estimate of drug-likeness (QED) is 0.160. The van der Waals surface area contributed by atoms with Crippen LogP contribution in [0, 0.1) is 0 Å². The molecule has 2 unspecified atom stereocenters. The van der Waals surface area contributed by atoms with E-state index in [0.717, 1.165) is 32.8 Å². The molecular weight excluding hydrogens is 676 g/mol. The predicted molar refractivity (Wildman–Crippen MR) is 221 cm³/mol. The summed E-state index contributed by atoms with van der Waals surface area (Å²) in [5.74, 6) is 0.929. The van der Waals surface area contributed by atoms with Crippen LogP contribution in [0.1, 0.15) is 51.0 Å². The number of para-hydroxylation sites is 1. The van der Waals surface area contributed by atoms with Crippen molar-refractivity contribution in [2.75, 3.05) is 0 Å². The third-order valence-electron chi connectivity index (χ3n) is 11.5. The highest BCUT2D eigenvalue weighted by molar-refractivity contribution is 7.85. The Morgan fingerprint density at radius 2 is 0.926 bits per heavy atom. The molecule has 0 spiro atoms. The summed E-state index contributed by atoms with van der Waals surface area (Å²) in [5.41, 5.74) is 9.90. The highest BCUT2D eigenvalue weighted by Gasteiger charge is 2.50. The molecule has 3 heteroatoms. The van der Waals surface area contributed by atoms with Crippen molar-refractivity contribution in [3.05, 3.63) is 251 Å². The Morgan fingerprint density at radius 3 is 1.57 bits per heavy atom. The second-order valence-corrected chi connectivity index (χ2v) is 17.0. The second kappa shape index (κ2) is 13.0. The minimum atomic E-state index is -3.19. The second-order valence-electron chi connectivity index (χ2n) is 14.3. The van der Waals surface area contributed by atoms with Gasteiger partial charge in [0, 0.05) is 21.5 Å². The Kier molecular flexibility index (Phi) is 7.82. The van der Waals surface area contributed by atoms with Crippen molar-refractivity contribution in [1.29, 1.82) is 0 Å². The van der Waals surface area contributed by atoms with Crippen LogP contribution in [-0.2, 0) is 9.98 Å². The lowest BCUT2D eigenvalue weighted by Gasteiger charge is -2.38. The maximum absolute atomic E-state index is 15.5. The van der Waals surface area contributed by atoms with E-state index in [1.165, 1.54) is 38.9 Å². The summed E-state index contributed by atoms with van der Waals surface area (Å²) in [7, 11) is -3.19. The van der Waals surface area contributed by atoms with Gasteiger partial charge < -0.3 is 9.30 Å². The zero-order chi connectivity index (χ0) is 36.1. The van der Waals surface area contributed by atoms with E-state index >= 15 is 4.57 Å². The third kappa shape index (κ3) is 4.91. The van der Waals surface area contributed by atoms with Crippen molar-refractivity contribution in [2.45, 2.75) is 17.4 Å². The van der Waals surface area contributed by atoms with E-state index in [2.05, 4.69) is 146 Å². The number of fused-ring (bicyclic) bond motifs is 7. The molecule has 2 atom stereocenters. The molecule has 2 nitrogen and oxygen atoms in total. The van der Waals surface area contributed by atoms with Gasteiger partial charge in [-0.05, 0) is 62.7 Å². The highest BCUT2D eigenvalue weighted by Crippen LogP contribution is 2.60. The standard InChI is InChI=1S/C51H37O2P/c52-54(40-23-9-3-10-24-40,41-25-11-4-12-26-41)42-27-17-18-36(34-42)37-32-33-43-47(35-37)51(38-19-5-1-6-20-38,39-21-7-2-8-22-39)46-30-15-13-28-44(46)50-49(43)45-29-14-16-31-48(45)53-50/h1-35,49-50H. The third-order valence-corrected chi connectivity index (χ3v) is 14.5. The van der Waals surface area contributed by atoms with Crippen molar-refractivity contribution < 1.29 is 9.30 Å². The van der Waals surface area contributed by atoms with Gasteiger partial charge in [-0.3, -0.25) is 0 Å². The van der Waals surface area contributed by atoms with E-state index in [1.807, 2.05) is 66.7 Å². The zero-order valence-electron chi connectivity index (χ0n) is 29.6. The largest absolute Gasteiger partial charge is 0.484 e. The summed E-state index contributed by atoms with van der Waals surface area (Å²) in [4.78, 5) is 0. The van der Waals surface area contributed by atoms with E-state index in [4.69, 9.17) is 4.74 Å². The van der Waals surface area contributed by atoms with E-state index in [1.54, 1.807) is 0 Å². The van der Waals surface area contributed by atoms with Crippen LogP contribution < -0.4 is 20.7 Å². The SMILES string of the molecule is O=P(c1ccccc1)(c1ccccc1)c1cccc(-c2ccc3c(c2)C(c2ccccc2)(c2ccccc2)c2ccccc2C2Oc4ccccc4C32)c1. The van der Waals surface area contributed by atoms with Crippen molar-refractivity contribution in [1.82, 2.24) is 0 Å². The monoisotopic (exact) mass is 712 g/mol. The first kappa shape index (κ1) is 32.4. The minimum absolute atomic E-state index is 0.0107. The van der Waals surface area contributed by atoms with Gasteiger partial charge in [-0.2, -0.15) is 0 Å². The number of benzene rings is 8. The van der Waals surface area contributed by atoms with Crippen LogP contribution in [0.5, 0.6) is 5.75 Å². The Balaban J connectivity index is 1.27. The smallest absolute Gasteiger partial charge is 0.171 e. The van der Waals surface area contributed by atoms with Crippen LogP contribution in [-0.4, -0.2) is 0 Å². The lowest BCUT2D eigenvalue weighted by molar-refractivity contribution is 0.222. The van der Waals surface area contributed by atoms with Crippen molar-refractivity contribution in [2.24, 2.45) is 0 Å². The van der Waals surface area contributed by atoms with Gasteiger partial charge in [0.15, 0.2) is 7.14 Å². The number of hydrogen-bond donors (Lipinski definition) is 0. The molecule has 8 aromatic rings. The van der Waals surface area contributed by atoms with Crippen LogP contribution in [0.3, 0.4) is 0 Å². The van der Waals surface area contributed by atoms with Gasteiger partial charge in [0.2, 0.25) is 0 Å². The summed E-state index contributed by atoms with van der Waals surface area (Å²) in [6.45, 7) is 0. The average molecular weight is 713 g/mol. The first-order valence-corrected chi connectivity index (χ1v) is 20.3. The molecule has 0 fully saturated rings. The molecular formula is C51H37O2P. The zero-order valence-corrected chi connectivity index (χ0v) is 30.5. The molecule has 0 aromatic heterocycles. The molecule has 0 amide bonds. The van der Waals surface area contributed by atoms with Crippen LogP contribution in [0.4, 0.5) is 0 Å². The topological polar surface area (TPSA) is 26.3 Å². The van der Waals surface area contributed by atoms with Gasteiger partial charge in [0.25, 0.3) is 0 Å². The van der Waals surface area contributed by atoms with Gasteiger partial charge in [-0.25, -0.2) is 0 Å². The lowest BCUT2D eigenvalue weighted by atomic mass is 9.63. The fourth-order valence-electron chi connectivity index (χ4n) is 9.12. The number of ether oxygens (including phenoxy) is 1. The maximum atomic E-state index is 15.5. The molecule has 0 N–H and O–H groups in total. The molecule has 10 rings (SSSR count). The fourth-order valence-corrected chi connectivity index (χ4v) is 11.8. The van der Waals surface area contributed by atoms with Gasteiger partial charge in [-0.15, -0.1) is 0 Å². The van der Waals surface area contributed by atoms with Crippen molar-refractivity contribution >= 4 is 23.1 Å². The van der Waals surface area contributed by atoms with E-state index in [0.29, 0.717) is 0 Å². The molecule has 1 aliphatic carbocycles. The van der Waals surface area contributed by atoms with E-state index in [9.17, 15) is 0 Å². The molecule has 1 aliphatic heterocycles. The van der Waals surface area contributed by atoms with Crippen LogP contribution >= 0.6 is 7.14 Å². The van der Waals surface area contributed by atoms with Crippen molar-refractivity contribution in [3.8, 4) is 16.9 Å². The number of rotatable bonds is 6. The normalized spacial score (nSPS) is 16.5. The summed E-state index contributed by atoms with van der Waals surface area (Å²) < 4.78 is 22.5. The molecule has 0 radical (unpaired) electrons. The van der Waals surface area contributed by atoms with Crippen LogP contribution in [0.2, 0.25) is 0 Å². The van der Waals surface area contributed by atoms with Gasteiger partial charge in [-0.1, -0.05) is 194 Å². The summed E-state index contributed by atoms with van der Waals surface area (Å²) in [6.07, 6.45) is -0.191. The summed E-state index contributed by atoms with van der Waals surface area (Å²) in [6, 6.07) is 74.5.